The molecule has 6 nitrogen and oxygen atoms in total. The average Bonchev–Trinajstić information content (AvgIpc) is 3.06. The molecule has 2 N–H and O–H groups in total. The molecule has 0 radical (unpaired) electrons. The SMILES string of the molecule is CN=C(NCc1sc(C)nc1C)NCC1(c2ccc(OC)cc2)CCOCC1. The molecule has 2 aromatic rings. The van der Waals surface area contributed by atoms with Crippen molar-refractivity contribution in [1.82, 2.24) is 15.6 Å². The Morgan fingerprint density at radius 2 is 1.93 bits per heavy atom. The Kier molecular flexibility index (Phi) is 6.91. The van der Waals surface area contributed by atoms with E-state index in [2.05, 4.69) is 39.7 Å². The number of aryl methyl sites for hydroxylation is 2. The van der Waals surface area contributed by atoms with E-state index in [1.165, 1.54) is 10.4 Å². The molecule has 1 aliphatic heterocycles. The summed E-state index contributed by atoms with van der Waals surface area (Å²) in [4.78, 5) is 10.1. The summed E-state index contributed by atoms with van der Waals surface area (Å²) in [7, 11) is 3.51. The van der Waals surface area contributed by atoms with Crippen LogP contribution < -0.4 is 15.4 Å². The second-order valence-electron chi connectivity index (χ2n) is 7.14. The van der Waals surface area contributed by atoms with Gasteiger partial charge in [0.1, 0.15) is 5.75 Å². The van der Waals surface area contributed by atoms with Crippen LogP contribution in [0.3, 0.4) is 0 Å². The third kappa shape index (κ3) is 4.83. The number of aromatic nitrogens is 1. The molecule has 0 aliphatic carbocycles. The first-order chi connectivity index (χ1) is 13.6. The van der Waals surface area contributed by atoms with Crippen molar-refractivity contribution < 1.29 is 9.47 Å². The lowest BCUT2D eigenvalue weighted by Crippen LogP contribution is -2.47. The zero-order valence-corrected chi connectivity index (χ0v) is 18.0. The second-order valence-corrected chi connectivity index (χ2v) is 8.43. The van der Waals surface area contributed by atoms with Crippen molar-refractivity contribution in [1.29, 1.82) is 0 Å². The highest BCUT2D eigenvalue weighted by molar-refractivity contribution is 7.11. The number of aliphatic imine (C=N–C) groups is 1. The van der Waals surface area contributed by atoms with Crippen LogP contribution in [0.2, 0.25) is 0 Å². The van der Waals surface area contributed by atoms with Gasteiger partial charge in [0, 0.05) is 37.1 Å². The molecule has 0 bridgehead atoms. The fourth-order valence-electron chi connectivity index (χ4n) is 3.65. The van der Waals surface area contributed by atoms with Gasteiger partial charge in [-0.05, 0) is 44.4 Å². The van der Waals surface area contributed by atoms with E-state index >= 15 is 0 Å². The molecular weight excluding hydrogens is 372 g/mol. The maximum absolute atomic E-state index is 5.64. The smallest absolute Gasteiger partial charge is 0.191 e. The molecule has 0 unspecified atom stereocenters. The Balaban J connectivity index is 1.67. The monoisotopic (exact) mass is 402 g/mol. The highest BCUT2D eigenvalue weighted by Crippen LogP contribution is 2.35. The minimum Gasteiger partial charge on any atom is -0.497 e. The molecule has 1 saturated heterocycles. The summed E-state index contributed by atoms with van der Waals surface area (Å²) in [5.74, 6) is 1.69. The summed E-state index contributed by atoms with van der Waals surface area (Å²) >= 11 is 1.73. The number of hydrogen-bond donors (Lipinski definition) is 2. The van der Waals surface area contributed by atoms with Gasteiger partial charge in [-0.3, -0.25) is 4.99 Å². The number of methoxy groups -OCH3 is 1. The van der Waals surface area contributed by atoms with Gasteiger partial charge in [0.05, 0.1) is 24.4 Å². The van der Waals surface area contributed by atoms with Crippen molar-refractivity contribution in [2.24, 2.45) is 4.99 Å². The van der Waals surface area contributed by atoms with Crippen LogP contribution in [0.5, 0.6) is 5.75 Å². The molecule has 2 heterocycles. The van der Waals surface area contributed by atoms with Gasteiger partial charge >= 0.3 is 0 Å². The predicted octanol–water partition coefficient (Wildman–Crippen LogP) is 3.18. The molecule has 1 aromatic heterocycles. The van der Waals surface area contributed by atoms with Crippen molar-refractivity contribution in [3.05, 3.63) is 45.4 Å². The van der Waals surface area contributed by atoms with Gasteiger partial charge in [0.2, 0.25) is 0 Å². The highest BCUT2D eigenvalue weighted by atomic mass is 32.1. The lowest BCUT2D eigenvalue weighted by atomic mass is 9.74. The van der Waals surface area contributed by atoms with Gasteiger partial charge in [-0.15, -0.1) is 11.3 Å². The maximum Gasteiger partial charge on any atom is 0.191 e. The molecular formula is C21H30N4O2S. The summed E-state index contributed by atoms with van der Waals surface area (Å²) in [5.41, 5.74) is 2.43. The van der Waals surface area contributed by atoms with Crippen molar-refractivity contribution in [3.63, 3.8) is 0 Å². The Labute approximate surface area is 171 Å². The van der Waals surface area contributed by atoms with Gasteiger partial charge in [-0.1, -0.05) is 12.1 Å². The van der Waals surface area contributed by atoms with Gasteiger partial charge in [-0.25, -0.2) is 4.98 Å². The van der Waals surface area contributed by atoms with Crippen molar-refractivity contribution in [3.8, 4) is 5.75 Å². The maximum atomic E-state index is 5.64. The first-order valence-electron chi connectivity index (χ1n) is 9.66. The summed E-state index contributed by atoms with van der Waals surface area (Å²) in [6, 6.07) is 8.42. The summed E-state index contributed by atoms with van der Waals surface area (Å²) < 4.78 is 11.0. The van der Waals surface area contributed by atoms with Crippen LogP contribution in [-0.4, -0.2) is 44.9 Å². The summed E-state index contributed by atoms with van der Waals surface area (Å²) in [6.45, 7) is 7.19. The number of benzene rings is 1. The van der Waals surface area contributed by atoms with Gasteiger partial charge < -0.3 is 20.1 Å². The van der Waals surface area contributed by atoms with E-state index in [9.17, 15) is 0 Å². The van der Waals surface area contributed by atoms with E-state index in [-0.39, 0.29) is 5.41 Å². The third-order valence-corrected chi connectivity index (χ3v) is 6.46. The molecule has 1 aromatic carbocycles. The summed E-state index contributed by atoms with van der Waals surface area (Å²) in [5, 5.41) is 8.06. The number of nitrogens with zero attached hydrogens (tertiary/aromatic N) is 2. The van der Waals surface area contributed by atoms with Crippen molar-refractivity contribution >= 4 is 17.3 Å². The average molecular weight is 403 g/mol. The van der Waals surface area contributed by atoms with Crippen LogP contribution >= 0.6 is 11.3 Å². The van der Waals surface area contributed by atoms with E-state index in [1.807, 2.05) is 26.1 Å². The number of ether oxygens (including phenoxy) is 2. The van der Waals surface area contributed by atoms with E-state index in [4.69, 9.17) is 9.47 Å². The Bertz CT molecular complexity index is 795. The lowest BCUT2D eigenvalue weighted by molar-refractivity contribution is 0.0513. The molecule has 7 heteroatoms. The molecule has 1 fully saturated rings. The minimum atomic E-state index is 0.0269. The molecule has 28 heavy (non-hydrogen) atoms. The van der Waals surface area contributed by atoms with E-state index in [0.717, 1.165) is 61.6 Å². The van der Waals surface area contributed by atoms with Gasteiger partial charge in [0.15, 0.2) is 5.96 Å². The topological polar surface area (TPSA) is 67.8 Å². The van der Waals surface area contributed by atoms with E-state index in [0.29, 0.717) is 0 Å². The second kappa shape index (κ2) is 9.39. The van der Waals surface area contributed by atoms with Crippen LogP contribution in [0.15, 0.2) is 29.3 Å². The largest absolute Gasteiger partial charge is 0.497 e. The zero-order valence-electron chi connectivity index (χ0n) is 17.2. The Hall–Kier alpha value is -2.12. The fraction of sp³-hybridized carbons (Fsp3) is 0.524. The minimum absolute atomic E-state index is 0.0269. The molecule has 0 spiro atoms. The number of thiazole rings is 1. The van der Waals surface area contributed by atoms with Gasteiger partial charge in [0.25, 0.3) is 0 Å². The van der Waals surface area contributed by atoms with Crippen molar-refractivity contribution in [2.45, 2.75) is 38.6 Å². The normalized spacial score (nSPS) is 16.6. The predicted molar refractivity (Wildman–Crippen MR) is 115 cm³/mol. The molecule has 3 rings (SSSR count). The Morgan fingerprint density at radius 1 is 1.21 bits per heavy atom. The summed E-state index contributed by atoms with van der Waals surface area (Å²) in [6.07, 6.45) is 1.97. The van der Waals surface area contributed by atoms with Crippen LogP contribution in [0.1, 0.15) is 34.0 Å². The van der Waals surface area contributed by atoms with Crippen LogP contribution in [0.4, 0.5) is 0 Å². The van der Waals surface area contributed by atoms with Crippen molar-refractivity contribution in [2.75, 3.05) is 33.9 Å². The van der Waals surface area contributed by atoms with Crippen LogP contribution in [-0.2, 0) is 16.7 Å². The number of nitrogens with one attached hydrogen (secondary N) is 2. The fourth-order valence-corrected chi connectivity index (χ4v) is 4.53. The molecule has 0 amide bonds. The lowest BCUT2D eigenvalue weighted by Gasteiger charge is -2.38. The number of rotatable bonds is 6. The zero-order chi connectivity index (χ0) is 20.0. The van der Waals surface area contributed by atoms with Crippen LogP contribution in [0.25, 0.3) is 0 Å². The molecule has 0 saturated carbocycles. The quantitative estimate of drug-likeness (QED) is 0.574. The molecule has 1 aliphatic rings. The first kappa shape index (κ1) is 20.6. The number of guanidine groups is 1. The standard InChI is InChI=1S/C21H30N4O2S/c1-15-19(28-16(2)25-15)13-23-20(22-3)24-14-21(9-11-27-12-10-21)17-5-7-18(26-4)8-6-17/h5-8H,9-14H2,1-4H3,(H2,22,23,24). The Morgan fingerprint density at radius 3 is 2.50 bits per heavy atom. The van der Waals surface area contributed by atoms with E-state index in [1.54, 1.807) is 18.4 Å². The van der Waals surface area contributed by atoms with Crippen LogP contribution in [0, 0.1) is 13.8 Å². The van der Waals surface area contributed by atoms with E-state index < -0.39 is 0 Å². The molecule has 152 valence electrons. The molecule has 0 atom stereocenters. The number of hydrogen-bond acceptors (Lipinski definition) is 5. The van der Waals surface area contributed by atoms with Gasteiger partial charge in [-0.2, -0.15) is 0 Å². The highest BCUT2D eigenvalue weighted by Gasteiger charge is 2.34. The third-order valence-electron chi connectivity index (χ3n) is 5.39. The first-order valence-corrected chi connectivity index (χ1v) is 10.5.